The van der Waals surface area contributed by atoms with Gasteiger partial charge in [-0.05, 0) is 79.4 Å². The van der Waals surface area contributed by atoms with Crippen molar-refractivity contribution in [1.29, 1.82) is 0 Å². The van der Waals surface area contributed by atoms with Gasteiger partial charge < -0.3 is 19.4 Å². The number of fused-ring (bicyclic) bond motifs is 1. The molecule has 1 aliphatic heterocycles. The highest BCUT2D eigenvalue weighted by atomic mass is 16.5. The number of nitrogens with zero attached hydrogens (tertiary/aromatic N) is 3. The van der Waals surface area contributed by atoms with Crippen LogP contribution in [-0.2, 0) is 6.54 Å². The van der Waals surface area contributed by atoms with E-state index >= 15 is 0 Å². The number of likely N-dealkylation sites (tertiary alicyclic amines) is 1. The summed E-state index contributed by atoms with van der Waals surface area (Å²) >= 11 is 0. The molecule has 3 aromatic carbocycles. The Bertz CT molecular complexity index is 1600. The molecule has 2 N–H and O–H groups in total. The Balaban J connectivity index is 1.24. The lowest BCUT2D eigenvalue weighted by atomic mass is 9.95. The standard InChI is InChI=1S/C33H37N5O2/c1-21(2)30-26-18-25(10-12-27(26)34-31(30)24-11-13-28(39-3)29(19-24)40-4)33-35-32(36-37-33)23-14-16-38(17-15-23)20-22-8-6-5-7-9-22/h5-13,18-19,21,23,34H,14-17,20H2,1-4H3,(H,35,36,37). The zero-order valence-corrected chi connectivity index (χ0v) is 23.7. The molecule has 0 aliphatic carbocycles. The lowest BCUT2D eigenvalue weighted by Gasteiger charge is -2.30. The lowest BCUT2D eigenvalue weighted by molar-refractivity contribution is 0.202. The molecule has 0 unspecified atom stereocenters. The van der Waals surface area contributed by atoms with Gasteiger partial charge in [0.05, 0.1) is 19.9 Å². The highest BCUT2D eigenvalue weighted by molar-refractivity contribution is 5.94. The Morgan fingerprint density at radius 3 is 2.33 bits per heavy atom. The van der Waals surface area contributed by atoms with Gasteiger partial charge in [0.2, 0.25) is 0 Å². The van der Waals surface area contributed by atoms with Crippen molar-refractivity contribution in [2.45, 2.75) is 45.1 Å². The van der Waals surface area contributed by atoms with Crippen molar-refractivity contribution in [2.24, 2.45) is 0 Å². The average molecular weight is 536 g/mol. The van der Waals surface area contributed by atoms with Crippen molar-refractivity contribution in [3.05, 3.63) is 83.7 Å². The molecule has 206 valence electrons. The predicted octanol–water partition coefficient (Wildman–Crippen LogP) is 7.14. The summed E-state index contributed by atoms with van der Waals surface area (Å²) < 4.78 is 11.0. The van der Waals surface area contributed by atoms with Crippen molar-refractivity contribution >= 4 is 10.9 Å². The third-order valence-corrected chi connectivity index (χ3v) is 8.09. The van der Waals surface area contributed by atoms with Crippen LogP contribution in [0.2, 0.25) is 0 Å². The van der Waals surface area contributed by atoms with Gasteiger partial charge in [0.1, 0.15) is 5.82 Å². The summed E-state index contributed by atoms with van der Waals surface area (Å²) in [6.45, 7) is 7.62. The fourth-order valence-corrected chi connectivity index (χ4v) is 5.97. The average Bonchev–Trinajstić information content (AvgIpc) is 3.63. The second kappa shape index (κ2) is 11.2. The molecule has 5 aromatic rings. The van der Waals surface area contributed by atoms with E-state index < -0.39 is 0 Å². The number of rotatable bonds is 8. The minimum absolute atomic E-state index is 0.318. The minimum atomic E-state index is 0.318. The van der Waals surface area contributed by atoms with Gasteiger partial charge in [-0.3, -0.25) is 4.90 Å². The maximum absolute atomic E-state index is 5.57. The van der Waals surface area contributed by atoms with E-state index in [2.05, 4.69) is 93.5 Å². The molecule has 0 radical (unpaired) electrons. The predicted molar refractivity (Wildman–Crippen MR) is 160 cm³/mol. The molecule has 6 rings (SSSR count). The van der Waals surface area contributed by atoms with Crippen molar-refractivity contribution in [1.82, 2.24) is 25.1 Å². The van der Waals surface area contributed by atoms with Gasteiger partial charge in [0.15, 0.2) is 17.3 Å². The van der Waals surface area contributed by atoms with E-state index in [4.69, 9.17) is 9.47 Å². The van der Waals surface area contributed by atoms with E-state index in [1.165, 1.54) is 16.5 Å². The number of aromatic amines is 2. The van der Waals surface area contributed by atoms with Crippen LogP contribution in [0.3, 0.4) is 0 Å². The summed E-state index contributed by atoms with van der Waals surface area (Å²) in [6, 6.07) is 23.3. The van der Waals surface area contributed by atoms with Gasteiger partial charge >= 0.3 is 0 Å². The van der Waals surface area contributed by atoms with Crippen molar-refractivity contribution in [2.75, 3.05) is 27.3 Å². The summed E-state index contributed by atoms with van der Waals surface area (Å²) in [5, 5.41) is 10.4. The number of piperidine rings is 1. The van der Waals surface area contributed by atoms with Crippen LogP contribution >= 0.6 is 0 Å². The van der Waals surface area contributed by atoms with E-state index in [0.717, 1.165) is 72.2 Å². The molecule has 7 heteroatoms. The van der Waals surface area contributed by atoms with E-state index in [-0.39, 0.29) is 0 Å². The normalized spacial score (nSPS) is 14.7. The molecule has 3 heterocycles. The van der Waals surface area contributed by atoms with Crippen LogP contribution < -0.4 is 9.47 Å². The molecule has 0 amide bonds. The monoisotopic (exact) mass is 535 g/mol. The van der Waals surface area contributed by atoms with Crippen LogP contribution in [-0.4, -0.2) is 52.4 Å². The van der Waals surface area contributed by atoms with Crippen LogP contribution in [0.4, 0.5) is 0 Å². The van der Waals surface area contributed by atoms with E-state index in [0.29, 0.717) is 17.6 Å². The lowest BCUT2D eigenvalue weighted by Crippen LogP contribution is -2.32. The smallest absolute Gasteiger partial charge is 0.161 e. The van der Waals surface area contributed by atoms with E-state index in [9.17, 15) is 0 Å². The Morgan fingerprint density at radius 1 is 0.850 bits per heavy atom. The minimum Gasteiger partial charge on any atom is -0.493 e. The molecule has 0 bridgehead atoms. The summed E-state index contributed by atoms with van der Waals surface area (Å²) in [6.07, 6.45) is 2.18. The molecule has 40 heavy (non-hydrogen) atoms. The molecule has 1 saturated heterocycles. The number of H-pyrrole nitrogens is 2. The van der Waals surface area contributed by atoms with Gasteiger partial charge in [0, 0.05) is 34.5 Å². The van der Waals surface area contributed by atoms with Crippen LogP contribution in [0, 0.1) is 0 Å². The summed E-state index contributed by atoms with van der Waals surface area (Å²) in [4.78, 5) is 9.76. The third kappa shape index (κ3) is 5.09. The first-order valence-corrected chi connectivity index (χ1v) is 14.1. The summed E-state index contributed by atoms with van der Waals surface area (Å²) in [7, 11) is 3.33. The second-order valence-corrected chi connectivity index (χ2v) is 11.0. The van der Waals surface area contributed by atoms with Crippen LogP contribution in [0.1, 0.15) is 55.5 Å². The van der Waals surface area contributed by atoms with Gasteiger partial charge in [-0.2, -0.15) is 0 Å². The first-order chi connectivity index (χ1) is 19.5. The van der Waals surface area contributed by atoms with Crippen LogP contribution in [0.25, 0.3) is 33.5 Å². The highest BCUT2D eigenvalue weighted by Gasteiger charge is 2.24. The number of nitrogens with one attached hydrogen (secondary N) is 2. The molecule has 1 fully saturated rings. The molecule has 7 nitrogen and oxygen atoms in total. The van der Waals surface area contributed by atoms with Crippen molar-refractivity contribution < 1.29 is 9.47 Å². The van der Waals surface area contributed by atoms with Gasteiger partial charge in [-0.25, -0.2) is 0 Å². The van der Waals surface area contributed by atoms with Crippen molar-refractivity contribution in [3.8, 4) is 34.1 Å². The second-order valence-electron chi connectivity index (χ2n) is 11.0. The molecule has 2 aromatic heterocycles. The van der Waals surface area contributed by atoms with Gasteiger partial charge in [0.25, 0.3) is 0 Å². The Hall–Kier alpha value is -4.10. The molecular weight excluding hydrogens is 498 g/mol. The number of ether oxygens (including phenoxy) is 2. The quantitative estimate of drug-likeness (QED) is 0.221. The SMILES string of the molecule is COc1ccc(-c2[nH]c3ccc(-c4nnc(C5CCN(Cc6ccccc6)CC5)[nH]4)cc3c2C(C)C)cc1OC. The number of benzene rings is 3. The Morgan fingerprint density at radius 2 is 1.60 bits per heavy atom. The molecule has 0 atom stereocenters. The molecular formula is C33H37N5O2. The summed E-state index contributed by atoms with van der Waals surface area (Å²) in [5.41, 5.74) is 6.96. The zero-order valence-electron chi connectivity index (χ0n) is 23.7. The topological polar surface area (TPSA) is 79.1 Å². The van der Waals surface area contributed by atoms with E-state index in [1.54, 1.807) is 14.2 Å². The maximum Gasteiger partial charge on any atom is 0.161 e. The first kappa shape index (κ1) is 26.1. The maximum atomic E-state index is 5.57. The zero-order chi connectivity index (χ0) is 27.6. The van der Waals surface area contributed by atoms with Crippen LogP contribution in [0.5, 0.6) is 11.5 Å². The highest BCUT2D eigenvalue weighted by Crippen LogP contribution is 2.40. The number of aromatic nitrogens is 4. The van der Waals surface area contributed by atoms with Gasteiger partial charge in [-0.15, -0.1) is 10.2 Å². The van der Waals surface area contributed by atoms with Crippen molar-refractivity contribution in [3.63, 3.8) is 0 Å². The largest absolute Gasteiger partial charge is 0.493 e. The number of hydrogen-bond acceptors (Lipinski definition) is 5. The Labute approximate surface area is 235 Å². The fourth-order valence-electron chi connectivity index (χ4n) is 5.97. The van der Waals surface area contributed by atoms with Gasteiger partial charge in [-0.1, -0.05) is 44.2 Å². The van der Waals surface area contributed by atoms with Crippen LogP contribution in [0.15, 0.2) is 66.7 Å². The number of hydrogen-bond donors (Lipinski definition) is 2. The Kier molecular flexibility index (Phi) is 7.30. The molecule has 0 saturated carbocycles. The third-order valence-electron chi connectivity index (χ3n) is 8.09. The molecule has 1 aliphatic rings. The first-order valence-electron chi connectivity index (χ1n) is 14.1. The number of methoxy groups -OCH3 is 2. The van der Waals surface area contributed by atoms with E-state index in [1.807, 2.05) is 12.1 Å². The fraction of sp³-hybridized carbons (Fsp3) is 0.333. The molecule has 0 spiro atoms. The summed E-state index contributed by atoms with van der Waals surface area (Å²) in [5.74, 6) is 3.99.